The van der Waals surface area contributed by atoms with Crippen molar-refractivity contribution in [1.29, 1.82) is 0 Å². The summed E-state index contributed by atoms with van der Waals surface area (Å²) in [4.78, 5) is 16.7. The van der Waals surface area contributed by atoms with E-state index in [1.54, 1.807) is 37.6 Å². The van der Waals surface area contributed by atoms with Crippen LogP contribution in [-0.2, 0) is 6.54 Å². The molecule has 1 heterocycles. The summed E-state index contributed by atoms with van der Waals surface area (Å²) in [7, 11) is 3.07. The van der Waals surface area contributed by atoms with E-state index >= 15 is 0 Å². The number of hydrogen-bond acceptors (Lipinski definition) is 5. The van der Waals surface area contributed by atoms with E-state index in [0.29, 0.717) is 34.4 Å². The van der Waals surface area contributed by atoms with Gasteiger partial charge >= 0.3 is 0 Å². The largest absolute Gasteiger partial charge is 0.493 e. The Balaban J connectivity index is 1.60. The molecular formula is C21H20ClN3O3. The predicted octanol–water partition coefficient (Wildman–Crippen LogP) is 4.62. The molecular weight excluding hydrogens is 378 g/mol. The topological polar surface area (TPSA) is 72.5 Å². The molecule has 0 aliphatic rings. The van der Waals surface area contributed by atoms with Gasteiger partial charge in [-0.25, -0.2) is 4.98 Å². The molecule has 2 N–H and O–H groups in total. The van der Waals surface area contributed by atoms with Gasteiger partial charge in [-0.05, 0) is 48.0 Å². The third kappa shape index (κ3) is 4.92. The predicted molar refractivity (Wildman–Crippen MR) is 111 cm³/mol. The molecule has 0 spiro atoms. The second kappa shape index (κ2) is 9.10. The molecule has 0 fully saturated rings. The van der Waals surface area contributed by atoms with E-state index < -0.39 is 0 Å². The summed E-state index contributed by atoms with van der Waals surface area (Å²) >= 11 is 5.89. The first kappa shape index (κ1) is 19.5. The fourth-order valence-electron chi connectivity index (χ4n) is 2.54. The minimum atomic E-state index is -0.282. The van der Waals surface area contributed by atoms with E-state index in [1.165, 1.54) is 7.11 Å². The number of benzene rings is 2. The van der Waals surface area contributed by atoms with Crippen LogP contribution in [0.3, 0.4) is 0 Å². The molecule has 0 aliphatic heterocycles. The van der Waals surface area contributed by atoms with Crippen LogP contribution >= 0.6 is 11.6 Å². The lowest BCUT2D eigenvalue weighted by Gasteiger charge is -2.10. The third-order valence-corrected chi connectivity index (χ3v) is 4.31. The molecule has 0 saturated carbocycles. The summed E-state index contributed by atoms with van der Waals surface area (Å²) in [6.45, 7) is 0.649. The van der Waals surface area contributed by atoms with Crippen molar-refractivity contribution < 1.29 is 14.3 Å². The number of aromatic nitrogens is 1. The van der Waals surface area contributed by atoms with Crippen molar-refractivity contribution in [1.82, 2.24) is 4.98 Å². The second-order valence-corrected chi connectivity index (χ2v) is 6.37. The number of nitrogens with one attached hydrogen (secondary N) is 2. The molecule has 3 rings (SSSR count). The second-order valence-electron chi connectivity index (χ2n) is 5.94. The molecule has 144 valence electrons. The average Bonchev–Trinajstić information content (AvgIpc) is 2.73. The summed E-state index contributed by atoms with van der Waals surface area (Å²) < 4.78 is 10.4. The van der Waals surface area contributed by atoms with Crippen molar-refractivity contribution in [3.05, 3.63) is 76.9 Å². The fourth-order valence-corrected chi connectivity index (χ4v) is 2.67. The van der Waals surface area contributed by atoms with Gasteiger partial charge in [0.1, 0.15) is 5.82 Å². The highest BCUT2D eigenvalue weighted by atomic mass is 35.5. The number of halogens is 1. The van der Waals surface area contributed by atoms with Gasteiger partial charge in [0, 0.05) is 17.1 Å². The molecule has 1 aromatic heterocycles. The lowest BCUT2D eigenvalue weighted by Crippen LogP contribution is -2.13. The van der Waals surface area contributed by atoms with Crippen LogP contribution in [0.2, 0.25) is 5.02 Å². The number of hydrogen-bond donors (Lipinski definition) is 2. The van der Waals surface area contributed by atoms with Gasteiger partial charge in [-0.1, -0.05) is 23.7 Å². The van der Waals surface area contributed by atoms with Crippen LogP contribution in [0.25, 0.3) is 0 Å². The molecule has 0 saturated heterocycles. The highest BCUT2D eigenvalue weighted by Crippen LogP contribution is 2.27. The van der Waals surface area contributed by atoms with Crippen molar-refractivity contribution in [2.45, 2.75) is 6.54 Å². The fraction of sp³-hybridized carbons (Fsp3) is 0.143. The summed E-state index contributed by atoms with van der Waals surface area (Å²) in [5.41, 5.74) is 2.40. The summed E-state index contributed by atoms with van der Waals surface area (Å²) in [5, 5.41) is 6.75. The lowest BCUT2D eigenvalue weighted by molar-refractivity contribution is 0.102. The van der Waals surface area contributed by atoms with Crippen molar-refractivity contribution >= 4 is 29.0 Å². The molecule has 0 radical (unpaired) electrons. The molecule has 28 heavy (non-hydrogen) atoms. The van der Waals surface area contributed by atoms with Crippen LogP contribution in [0.5, 0.6) is 11.5 Å². The van der Waals surface area contributed by atoms with Gasteiger partial charge in [0.05, 0.1) is 26.1 Å². The Labute approximate surface area is 168 Å². The Bertz CT molecular complexity index is 944. The van der Waals surface area contributed by atoms with E-state index in [4.69, 9.17) is 21.1 Å². The first-order valence-corrected chi connectivity index (χ1v) is 8.94. The molecule has 0 atom stereocenters. The van der Waals surface area contributed by atoms with Crippen LogP contribution in [0, 0.1) is 0 Å². The zero-order chi connectivity index (χ0) is 19.9. The van der Waals surface area contributed by atoms with E-state index in [-0.39, 0.29) is 5.91 Å². The minimum Gasteiger partial charge on any atom is -0.493 e. The van der Waals surface area contributed by atoms with E-state index in [2.05, 4.69) is 15.6 Å². The van der Waals surface area contributed by atoms with Crippen LogP contribution in [0.15, 0.2) is 60.8 Å². The average molecular weight is 398 g/mol. The smallest absolute Gasteiger partial charge is 0.256 e. The number of methoxy groups -OCH3 is 2. The Morgan fingerprint density at radius 3 is 2.39 bits per heavy atom. The van der Waals surface area contributed by atoms with Gasteiger partial charge in [0.15, 0.2) is 11.5 Å². The summed E-state index contributed by atoms with van der Waals surface area (Å²) in [5.74, 6) is 1.23. The van der Waals surface area contributed by atoms with Gasteiger partial charge < -0.3 is 20.1 Å². The Kier molecular flexibility index (Phi) is 6.34. The normalized spacial score (nSPS) is 10.2. The van der Waals surface area contributed by atoms with Gasteiger partial charge in [-0.3, -0.25) is 4.79 Å². The van der Waals surface area contributed by atoms with Gasteiger partial charge in [-0.2, -0.15) is 0 Å². The maximum absolute atomic E-state index is 12.4. The van der Waals surface area contributed by atoms with Gasteiger partial charge in [0.25, 0.3) is 5.91 Å². The quantitative estimate of drug-likeness (QED) is 0.608. The van der Waals surface area contributed by atoms with E-state index in [9.17, 15) is 4.79 Å². The van der Waals surface area contributed by atoms with Crippen molar-refractivity contribution in [2.24, 2.45) is 0 Å². The highest BCUT2D eigenvalue weighted by molar-refractivity contribution is 6.30. The maximum atomic E-state index is 12.4. The monoisotopic (exact) mass is 397 g/mol. The molecule has 0 aliphatic carbocycles. The number of amides is 1. The number of pyridine rings is 1. The van der Waals surface area contributed by atoms with Crippen LogP contribution < -0.4 is 20.1 Å². The molecule has 0 bridgehead atoms. The Morgan fingerprint density at radius 1 is 1.00 bits per heavy atom. The molecule has 0 unspecified atom stereocenters. The van der Waals surface area contributed by atoms with Crippen molar-refractivity contribution in [3.8, 4) is 11.5 Å². The van der Waals surface area contributed by atoms with Crippen LogP contribution in [0.4, 0.5) is 11.5 Å². The molecule has 2 aromatic carbocycles. The lowest BCUT2D eigenvalue weighted by atomic mass is 10.2. The van der Waals surface area contributed by atoms with Crippen LogP contribution in [0.1, 0.15) is 15.9 Å². The highest BCUT2D eigenvalue weighted by Gasteiger charge is 2.11. The van der Waals surface area contributed by atoms with Gasteiger partial charge in [-0.15, -0.1) is 0 Å². The number of carbonyl (C=O) groups is 1. The Morgan fingerprint density at radius 2 is 1.75 bits per heavy atom. The molecule has 3 aromatic rings. The summed E-state index contributed by atoms with van der Waals surface area (Å²) in [6, 6.07) is 16.2. The number of nitrogens with zero attached hydrogens (tertiary/aromatic N) is 1. The standard InChI is InChI=1S/C21H20ClN3O3/c1-27-18-9-5-15(11-19(18)28-2)21(26)25-20-10-8-17(13-24-20)23-12-14-3-6-16(22)7-4-14/h3-11,13,23H,12H2,1-2H3,(H,24,25,26). The van der Waals surface area contributed by atoms with Crippen LogP contribution in [-0.4, -0.2) is 25.1 Å². The molecule has 1 amide bonds. The van der Waals surface area contributed by atoms with Crippen molar-refractivity contribution in [3.63, 3.8) is 0 Å². The number of carbonyl (C=O) groups excluding carboxylic acids is 1. The first-order chi connectivity index (χ1) is 13.6. The first-order valence-electron chi connectivity index (χ1n) is 8.57. The number of anilines is 2. The minimum absolute atomic E-state index is 0.282. The van der Waals surface area contributed by atoms with Crippen molar-refractivity contribution in [2.75, 3.05) is 24.9 Å². The summed E-state index contributed by atoms with van der Waals surface area (Å²) in [6.07, 6.45) is 1.67. The van der Waals surface area contributed by atoms with Gasteiger partial charge in [0.2, 0.25) is 0 Å². The molecule has 6 nitrogen and oxygen atoms in total. The third-order valence-electron chi connectivity index (χ3n) is 4.06. The number of ether oxygens (including phenoxy) is 2. The zero-order valence-electron chi connectivity index (χ0n) is 15.5. The maximum Gasteiger partial charge on any atom is 0.256 e. The van der Waals surface area contributed by atoms with E-state index in [1.807, 2.05) is 30.3 Å². The number of rotatable bonds is 7. The Hall–Kier alpha value is -3.25. The molecule has 7 heteroatoms. The zero-order valence-corrected chi connectivity index (χ0v) is 16.3. The SMILES string of the molecule is COc1ccc(C(=O)Nc2ccc(NCc3ccc(Cl)cc3)cn2)cc1OC. The van der Waals surface area contributed by atoms with E-state index in [0.717, 1.165) is 11.3 Å².